The zero-order chi connectivity index (χ0) is 10.5. The monoisotopic (exact) mass is 215 g/mol. The van der Waals surface area contributed by atoms with Crippen LogP contribution in [0.25, 0.3) is 0 Å². The molecular weight excluding hydrogens is 202 g/mol. The Morgan fingerprint density at radius 2 is 2.25 bits per heavy atom. The van der Waals surface area contributed by atoms with E-state index in [0.29, 0.717) is 18.0 Å². The smallest absolute Gasteiger partial charge is 0.152 e. The minimum atomic E-state index is 0.258. The van der Waals surface area contributed by atoms with E-state index < -0.39 is 0 Å². The van der Waals surface area contributed by atoms with Crippen LogP contribution in [0.2, 0.25) is 0 Å². The van der Waals surface area contributed by atoms with Gasteiger partial charge in [-0.25, -0.2) is 0 Å². The van der Waals surface area contributed by atoms with Crippen molar-refractivity contribution in [2.45, 2.75) is 31.0 Å². The molecule has 0 radical (unpaired) electrons. The van der Waals surface area contributed by atoms with Crippen molar-refractivity contribution in [1.82, 2.24) is 10.3 Å². The van der Waals surface area contributed by atoms with E-state index >= 15 is 0 Å². The lowest BCUT2D eigenvalue weighted by Gasteiger charge is -2.20. The van der Waals surface area contributed by atoms with Gasteiger partial charge in [-0.3, -0.25) is 4.98 Å². The van der Waals surface area contributed by atoms with E-state index in [9.17, 15) is 0 Å². The Bertz CT molecular complexity index is 445. The number of aromatic nitrogens is 1. The fourth-order valence-corrected chi connectivity index (χ4v) is 3.25. The summed E-state index contributed by atoms with van der Waals surface area (Å²) in [6.45, 7) is 0. The van der Waals surface area contributed by atoms with Gasteiger partial charge < -0.3 is 10.2 Å². The largest absolute Gasteiger partial charge is 0.390 e. The van der Waals surface area contributed by atoms with Gasteiger partial charge in [0.05, 0.1) is 11.6 Å². The quantitative estimate of drug-likeness (QED) is 0.758. The Labute approximate surface area is 93.7 Å². The highest BCUT2D eigenvalue weighted by molar-refractivity contribution is 6.03. The second kappa shape index (κ2) is 3.04. The maximum absolute atomic E-state index is 5.58. The van der Waals surface area contributed by atoms with Gasteiger partial charge in [-0.05, 0) is 25.0 Å². The van der Waals surface area contributed by atoms with Crippen LogP contribution in [-0.4, -0.2) is 28.9 Å². The Morgan fingerprint density at radius 3 is 3.12 bits per heavy atom. The van der Waals surface area contributed by atoms with Crippen molar-refractivity contribution in [3.63, 3.8) is 0 Å². The third-order valence-corrected chi connectivity index (χ3v) is 3.95. The Hall–Kier alpha value is -1.42. The second-order valence-corrected chi connectivity index (χ2v) is 4.77. The third kappa shape index (κ3) is 1.02. The summed E-state index contributed by atoms with van der Waals surface area (Å²) in [5, 5.41) is 7.87. The highest BCUT2D eigenvalue weighted by Crippen LogP contribution is 2.41. The number of pyridine rings is 1. The molecule has 4 unspecified atom stereocenters. The molecule has 2 bridgehead atoms. The number of rotatable bonds is 1. The minimum absolute atomic E-state index is 0.258. The first-order valence-corrected chi connectivity index (χ1v) is 5.83. The Balaban J connectivity index is 1.72. The van der Waals surface area contributed by atoms with Crippen LogP contribution in [0.1, 0.15) is 18.4 Å². The summed E-state index contributed by atoms with van der Waals surface area (Å²) in [6, 6.07) is 5.07. The molecule has 0 aliphatic carbocycles. The highest BCUT2D eigenvalue weighted by atomic mass is 16.6. The van der Waals surface area contributed by atoms with Gasteiger partial charge in [0.15, 0.2) is 6.10 Å². The molecule has 1 N–H and O–H groups in total. The van der Waals surface area contributed by atoms with E-state index in [1.165, 1.54) is 12.8 Å². The van der Waals surface area contributed by atoms with E-state index in [-0.39, 0.29) is 6.10 Å². The lowest BCUT2D eigenvalue weighted by Crippen LogP contribution is -2.34. The molecule has 1 aromatic heterocycles. The lowest BCUT2D eigenvalue weighted by molar-refractivity contribution is 0.0505. The maximum Gasteiger partial charge on any atom is 0.152 e. The summed E-state index contributed by atoms with van der Waals surface area (Å²) >= 11 is 0. The summed E-state index contributed by atoms with van der Waals surface area (Å²) in [5.41, 5.74) is 2.18. The van der Waals surface area contributed by atoms with E-state index in [2.05, 4.69) is 21.5 Å². The normalized spacial score (nSPS) is 39.4. The van der Waals surface area contributed by atoms with Gasteiger partial charge in [0.1, 0.15) is 0 Å². The molecule has 0 amide bonds. The first-order chi connectivity index (χ1) is 7.93. The molecule has 0 aromatic carbocycles. The molecule has 4 heteroatoms. The average molecular weight is 215 g/mol. The van der Waals surface area contributed by atoms with Gasteiger partial charge in [-0.15, -0.1) is 0 Å². The topological polar surface area (TPSA) is 46.5 Å². The molecule has 0 spiro atoms. The lowest BCUT2D eigenvalue weighted by atomic mass is 9.82. The standard InChI is InChI=1S/C12H13N3O/c1-2-7(6-13-5-1)11-10-8-3-4-9(14-8)12(10)16-15-11/h1-2,5-6,8-10,12,14H,3-4H2. The molecule has 4 atom stereocenters. The van der Waals surface area contributed by atoms with Crippen molar-refractivity contribution in [2.24, 2.45) is 11.1 Å². The van der Waals surface area contributed by atoms with Crippen molar-refractivity contribution in [3.05, 3.63) is 30.1 Å². The van der Waals surface area contributed by atoms with E-state index in [4.69, 9.17) is 4.84 Å². The molecule has 3 aliphatic heterocycles. The zero-order valence-corrected chi connectivity index (χ0v) is 8.84. The average Bonchev–Trinajstić information content (AvgIpc) is 3.03. The van der Waals surface area contributed by atoms with Crippen LogP contribution in [-0.2, 0) is 4.84 Å². The van der Waals surface area contributed by atoms with Crippen LogP contribution < -0.4 is 5.32 Å². The van der Waals surface area contributed by atoms with Crippen LogP contribution in [0.3, 0.4) is 0 Å². The third-order valence-electron chi connectivity index (χ3n) is 3.95. The number of nitrogens with one attached hydrogen (secondary N) is 1. The molecule has 4 nitrogen and oxygen atoms in total. The summed E-state index contributed by atoms with van der Waals surface area (Å²) in [6.07, 6.45) is 6.39. The molecule has 16 heavy (non-hydrogen) atoms. The van der Waals surface area contributed by atoms with Crippen molar-refractivity contribution >= 4 is 5.71 Å². The number of hydrogen-bond acceptors (Lipinski definition) is 4. The predicted octanol–water partition coefficient (Wildman–Crippen LogP) is 0.935. The fraction of sp³-hybridized carbons (Fsp3) is 0.500. The molecule has 4 heterocycles. The predicted molar refractivity (Wildman–Crippen MR) is 59.1 cm³/mol. The molecule has 2 fully saturated rings. The zero-order valence-electron chi connectivity index (χ0n) is 8.84. The molecule has 1 aromatic rings. The molecule has 0 saturated carbocycles. The first-order valence-electron chi connectivity index (χ1n) is 5.83. The SMILES string of the molecule is c1cncc(C2=NOC3C4CCC(N4)C23)c1. The summed E-state index contributed by atoms with van der Waals surface area (Å²) < 4.78 is 0. The van der Waals surface area contributed by atoms with Gasteiger partial charge in [0.2, 0.25) is 0 Å². The molecule has 4 rings (SSSR count). The number of oxime groups is 1. The Kier molecular flexibility index (Phi) is 1.65. The van der Waals surface area contributed by atoms with Gasteiger partial charge in [0.25, 0.3) is 0 Å². The van der Waals surface area contributed by atoms with Crippen molar-refractivity contribution < 1.29 is 4.84 Å². The van der Waals surface area contributed by atoms with Crippen LogP contribution in [0, 0.1) is 5.92 Å². The maximum atomic E-state index is 5.58. The first kappa shape index (κ1) is 8.70. The molecule has 3 aliphatic rings. The molecular formula is C12H13N3O. The molecule has 2 saturated heterocycles. The fourth-order valence-electron chi connectivity index (χ4n) is 3.25. The van der Waals surface area contributed by atoms with Crippen LogP contribution >= 0.6 is 0 Å². The van der Waals surface area contributed by atoms with Gasteiger partial charge in [0, 0.05) is 30.0 Å². The van der Waals surface area contributed by atoms with Gasteiger partial charge in [-0.2, -0.15) is 0 Å². The van der Waals surface area contributed by atoms with Crippen LogP contribution in [0.4, 0.5) is 0 Å². The highest BCUT2D eigenvalue weighted by Gasteiger charge is 2.54. The summed E-state index contributed by atoms with van der Waals surface area (Å²) in [4.78, 5) is 9.72. The van der Waals surface area contributed by atoms with Crippen molar-refractivity contribution in [1.29, 1.82) is 0 Å². The van der Waals surface area contributed by atoms with E-state index in [0.717, 1.165) is 11.3 Å². The van der Waals surface area contributed by atoms with E-state index in [1.54, 1.807) is 6.20 Å². The number of nitrogens with zero attached hydrogens (tertiary/aromatic N) is 2. The Morgan fingerprint density at radius 1 is 1.31 bits per heavy atom. The summed E-state index contributed by atoms with van der Waals surface area (Å²) in [5.74, 6) is 0.433. The second-order valence-electron chi connectivity index (χ2n) is 4.77. The van der Waals surface area contributed by atoms with Gasteiger partial charge >= 0.3 is 0 Å². The van der Waals surface area contributed by atoms with Crippen LogP contribution in [0.15, 0.2) is 29.7 Å². The van der Waals surface area contributed by atoms with Gasteiger partial charge in [-0.1, -0.05) is 5.16 Å². The van der Waals surface area contributed by atoms with Crippen LogP contribution in [0.5, 0.6) is 0 Å². The number of fused-ring (bicyclic) bond motifs is 5. The number of hydrogen-bond donors (Lipinski definition) is 1. The van der Waals surface area contributed by atoms with E-state index in [1.807, 2.05) is 12.3 Å². The summed E-state index contributed by atoms with van der Waals surface area (Å²) in [7, 11) is 0. The van der Waals surface area contributed by atoms with Crippen molar-refractivity contribution in [3.8, 4) is 0 Å². The molecule has 82 valence electrons. The minimum Gasteiger partial charge on any atom is -0.390 e. The van der Waals surface area contributed by atoms with Crippen molar-refractivity contribution in [2.75, 3.05) is 0 Å².